The summed E-state index contributed by atoms with van der Waals surface area (Å²) in [5, 5.41) is 0. The summed E-state index contributed by atoms with van der Waals surface area (Å²) in [5.74, 6) is -1.48. The van der Waals surface area contributed by atoms with E-state index in [2.05, 4.69) is 36.6 Å². The van der Waals surface area contributed by atoms with E-state index in [1.807, 2.05) is 48.5 Å². The zero-order valence-electron chi connectivity index (χ0n) is 19.1. The van der Waals surface area contributed by atoms with Crippen LogP contribution in [0.25, 0.3) is 0 Å². The predicted octanol–water partition coefficient (Wildman–Crippen LogP) is 5.94. The van der Waals surface area contributed by atoms with E-state index in [0.29, 0.717) is 29.5 Å². The molecule has 0 aromatic heterocycles. The molecule has 0 unspecified atom stereocenters. The maximum atomic E-state index is 13.4. The lowest BCUT2D eigenvalue weighted by Gasteiger charge is -2.19. The molecule has 0 aliphatic carbocycles. The van der Waals surface area contributed by atoms with Gasteiger partial charge in [0.05, 0.1) is 4.90 Å². The zero-order chi connectivity index (χ0) is 25.0. The molecule has 0 radical (unpaired) electrons. The van der Waals surface area contributed by atoms with Crippen LogP contribution in [0.4, 0.5) is 0 Å². The molecular formula is C26H25Br2NO4S. The molecule has 1 amide bonds. The van der Waals surface area contributed by atoms with Crippen molar-refractivity contribution in [2.75, 3.05) is 0 Å². The molecule has 0 fully saturated rings. The van der Waals surface area contributed by atoms with Crippen LogP contribution in [-0.2, 0) is 27.7 Å². The summed E-state index contributed by atoms with van der Waals surface area (Å²) in [4.78, 5) is 25.3. The minimum Gasteiger partial charge on any atom is -0.295 e. The van der Waals surface area contributed by atoms with Crippen LogP contribution in [0.2, 0.25) is 0 Å². The number of ketones is 1. The average Bonchev–Trinajstić information content (AvgIpc) is 2.75. The van der Waals surface area contributed by atoms with Crippen molar-refractivity contribution in [2.45, 2.75) is 38.5 Å². The largest absolute Gasteiger partial charge is 0.295 e. The van der Waals surface area contributed by atoms with E-state index in [4.69, 9.17) is 0 Å². The van der Waals surface area contributed by atoms with E-state index < -0.39 is 21.8 Å². The molecule has 178 valence electrons. The summed E-state index contributed by atoms with van der Waals surface area (Å²) in [6, 6.07) is 18.1. The lowest BCUT2D eigenvalue weighted by atomic mass is 9.92. The van der Waals surface area contributed by atoms with E-state index in [9.17, 15) is 18.0 Å². The van der Waals surface area contributed by atoms with Gasteiger partial charge in [0.2, 0.25) is 5.91 Å². The topological polar surface area (TPSA) is 80.3 Å². The van der Waals surface area contributed by atoms with Crippen LogP contribution in [0, 0.1) is 19.8 Å². The van der Waals surface area contributed by atoms with Gasteiger partial charge in [-0.2, -0.15) is 0 Å². The summed E-state index contributed by atoms with van der Waals surface area (Å²) >= 11 is 7.04. The molecule has 1 N–H and O–H groups in total. The molecule has 0 bridgehead atoms. The molecule has 34 heavy (non-hydrogen) atoms. The van der Waals surface area contributed by atoms with Gasteiger partial charge >= 0.3 is 0 Å². The molecule has 0 heterocycles. The third kappa shape index (κ3) is 6.23. The van der Waals surface area contributed by atoms with Crippen molar-refractivity contribution in [2.24, 2.45) is 5.92 Å². The van der Waals surface area contributed by atoms with Crippen molar-refractivity contribution in [3.8, 4) is 0 Å². The number of sulfonamides is 1. The number of hydrogen-bond acceptors (Lipinski definition) is 4. The predicted molar refractivity (Wildman–Crippen MR) is 140 cm³/mol. The van der Waals surface area contributed by atoms with Crippen molar-refractivity contribution in [1.82, 2.24) is 4.72 Å². The Labute approximate surface area is 217 Å². The van der Waals surface area contributed by atoms with Gasteiger partial charge in [-0.1, -0.05) is 74.3 Å². The Morgan fingerprint density at radius 3 is 1.82 bits per heavy atom. The Kier molecular flexibility index (Phi) is 8.49. The molecule has 3 aromatic rings. The van der Waals surface area contributed by atoms with Gasteiger partial charge in [-0.15, -0.1) is 0 Å². The minimum absolute atomic E-state index is 0.0721. The Morgan fingerprint density at radius 2 is 1.35 bits per heavy atom. The number of hydrogen-bond donors (Lipinski definition) is 1. The van der Waals surface area contributed by atoms with Crippen LogP contribution < -0.4 is 4.72 Å². The number of carbonyl (C=O) groups excluding carboxylic acids is 2. The zero-order valence-corrected chi connectivity index (χ0v) is 23.1. The molecule has 5 nitrogen and oxygen atoms in total. The van der Waals surface area contributed by atoms with E-state index in [0.717, 1.165) is 20.1 Å². The fourth-order valence-corrected chi connectivity index (χ4v) is 6.08. The van der Waals surface area contributed by atoms with Crippen molar-refractivity contribution in [3.05, 3.63) is 97.4 Å². The summed E-state index contributed by atoms with van der Waals surface area (Å²) in [6.45, 7) is 4.79. The Hall–Kier alpha value is -2.29. The number of halogens is 2. The summed E-state index contributed by atoms with van der Waals surface area (Å²) in [6.07, 6.45) is 0.686. The van der Waals surface area contributed by atoms with E-state index in [-0.39, 0.29) is 10.7 Å². The van der Waals surface area contributed by atoms with E-state index in [1.165, 1.54) is 13.0 Å². The van der Waals surface area contributed by atoms with Crippen molar-refractivity contribution < 1.29 is 18.0 Å². The first-order valence-electron chi connectivity index (χ1n) is 10.6. The third-order valence-electron chi connectivity index (χ3n) is 5.64. The lowest BCUT2D eigenvalue weighted by Crippen LogP contribution is -2.38. The smallest absolute Gasteiger partial charge is 0.264 e. The molecule has 0 aliphatic rings. The monoisotopic (exact) mass is 605 g/mol. The van der Waals surface area contributed by atoms with Gasteiger partial charge in [0.15, 0.2) is 5.78 Å². The lowest BCUT2D eigenvalue weighted by molar-refractivity contribution is -0.123. The fraction of sp³-hybridized carbons (Fsp3) is 0.231. The molecule has 0 aliphatic heterocycles. The van der Waals surface area contributed by atoms with Crippen molar-refractivity contribution >= 4 is 53.6 Å². The molecule has 0 spiro atoms. The second-order valence-corrected chi connectivity index (χ2v) is 11.6. The minimum atomic E-state index is -4.19. The van der Waals surface area contributed by atoms with E-state index >= 15 is 0 Å². The first kappa shape index (κ1) is 26.3. The van der Waals surface area contributed by atoms with Crippen molar-refractivity contribution in [1.29, 1.82) is 0 Å². The second kappa shape index (κ2) is 11.0. The number of carbonyl (C=O) groups is 2. The standard InChI is InChI=1S/C26H25Br2NO4S/c1-16-12-17(2)25(15-22(16)18(3)30)34(32,33)29-26(31)21(13-19-8-4-6-10-23(19)27)14-20-9-5-7-11-24(20)28/h4-12,15,21H,13-14H2,1-3H3,(H,29,31). The van der Waals surface area contributed by atoms with Gasteiger partial charge in [-0.25, -0.2) is 13.1 Å². The number of rotatable bonds is 8. The fourth-order valence-electron chi connectivity index (χ4n) is 3.89. The van der Waals surface area contributed by atoms with Crippen molar-refractivity contribution in [3.63, 3.8) is 0 Å². The highest BCUT2D eigenvalue weighted by molar-refractivity contribution is 9.10. The number of Topliss-reactive ketones (excluding diaryl/α,β-unsaturated/α-hetero) is 1. The maximum Gasteiger partial charge on any atom is 0.264 e. The van der Waals surface area contributed by atoms with Crippen LogP contribution in [0.15, 0.2) is 74.5 Å². The number of benzene rings is 3. The third-order valence-corrected chi connectivity index (χ3v) is 8.68. The van der Waals surface area contributed by atoms with Gasteiger partial charge in [-0.3, -0.25) is 9.59 Å². The Bertz CT molecular complexity index is 1310. The Balaban J connectivity index is 1.96. The SMILES string of the molecule is CC(=O)c1cc(S(=O)(=O)NC(=O)C(Cc2ccccc2Br)Cc2ccccc2Br)c(C)cc1C. The Morgan fingerprint density at radius 1 is 0.853 bits per heavy atom. The molecule has 0 saturated carbocycles. The highest BCUT2D eigenvalue weighted by Crippen LogP contribution is 2.26. The summed E-state index contributed by atoms with van der Waals surface area (Å²) in [7, 11) is -4.19. The number of amides is 1. The van der Waals surface area contributed by atoms with Gasteiger partial charge in [-0.05, 0) is 74.1 Å². The van der Waals surface area contributed by atoms with Gasteiger partial charge < -0.3 is 0 Å². The molecule has 3 rings (SSSR count). The number of nitrogens with one attached hydrogen (secondary N) is 1. The molecule has 3 aromatic carbocycles. The molecular weight excluding hydrogens is 582 g/mol. The highest BCUT2D eigenvalue weighted by Gasteiger charge is 2.28. The van der Waals surface area contributed by atoms with Crippen LogP contribution in [0.1, 0.15) is 39.5 Å². The van der Waals surface area contributed by atoms with Gasteiger partial charge in [0.1, 0.15) is 0 Å². The summed E-state index contributed by atoms with van der Waals surface area (Å²) in [5.41, 5.74) is 3.28. The highest BCUT2D eigenvalue weighted by atomic mass is 79.9. The molecule has 8 heteroatoms. The normalized spacial score (nSPS) is 11.5. The van der Waals surface area contributed by atoms with Crippen LogP contribution in [0.3, 0.4) is 0 Å². The first-order valence-corrected chi connectivity index (χ1v) is 13.7. The van der Waals surface area contributed by atoms with Crippen LogP contribution >= 0.6 is 31.9 Å². The van der Waals surface area contributed by atoms with Gasteiger partial charge in [0.25, 0.3) is 10.0 Å². The molecule has 0 atom stereocenters. The first-order chi connectivity index (χ1) is 16.0. The molecule has 0 saturated heterocycles. The van der Waals surface area contributed by atoms with E-state index in [1.54, 1.807) is 19.9 Å². The average molecular weight is 607 g/mol. The summed E-state index contributed by atoms with van der Waals surface area (Å²) < 4.78 is 30.4. The number of aryl methyl sites for hydroxylation is 2. The quantitative estimate of drug-likeness (QED) is 0.322. The van der Waals surface area contributed by atoms with Gasteiger partial charge in [0, 0.05) is 20.4 Å². The maximum absolute atomic E-state index is 13.4. The van der Waals surface area contributed by atoms with Crippen LogP contribution in [0.5, 0.6) is 0 Å². The van der Waals surface area contributed by atoms with Crippen LogP contribution in [-0.4, -0.2) is 20.1 Å². The second-order valence-electron chi connectivity index (χ2n) is 8.25.